The molecular weight excluding hydrogens is 343 g/mol. The number of amides is 1. The molecule has 2 aromatic rings. The van der Waals surface area contributed by atoms with Crippen LogP contribution < -0.4 is 4.90 Å². The maximum Gasteiger partial charge on any atom is 0.257 e. The van der Waals surface area contributed by atoms with Crippen molar-refractivity contribution in [3.8, 4) is 0 Å². The molecule has 5 nitrogen and oxygen atoms in total. The minimum Gasteiger partial charge on any atom is -0.362 e. The van der Waals surface area contributed by atoms with Crippen molar-refractivity contribution in [3.05, 3.63) is 59.5 Å². The topological polar surface area (TPSA) is 39.7 Å². The van der Waals surface area contributed by atoms with Crippen LogP contribution in [0.1, 0.15) is 22.3 Å². The second-order valence-corrected chi connectivity index (χ2v) is 7.10. The summed E-state index contributed by atoms with van der Waals surface area (Å²) in [5.41, 5.74) is 1.43. The molecule has 0 unspecified atom stereocenters. The number of aromatic nitrogens is 1. The molecule has 1 aromatic heterocycles. The predicted octanol–water partition coefficient (Wildman–Crippen LogP) is 2.68. The molecule has 0 bridgehead atoms. The van der Waals surface area contributed by atoms with Crippen LogP contribution in [0.15, 0.2) is 42.6 Å². The fourth-order valence-corrected chi connectivity index (χ4v) is 3.46. The van der Waals surface area contributed by atoms with Crippen LogP contribution in [0.4, 0.5) is 10.2 Å². The Hall–Kier alpha value is -2.47. The molecular formula is C21H27FN4O. The summed E-state index contributed by atoms with van der Waals surface area (Å²) in [6.45, 7) is 4.04. The van der Waals surface area contributed by atoms with Gasteiger partial charge in [-0.15, -0.1) is 0 Å². The van der Waals surface area contributed by atoms with Crippen LogP contribution in [0, 0.1) is 5.82 Å². The minimum atomic E-state index is -0.124. The molecule has 0 N–H and O–H groups in total. The Morgan fingerprint density at radius 3 is 2.56 bits per heavy atom. The summed E-state index contributed by atoms with van der Waals surface area (Å²) in [5.74, 6) is 0.619. The molecule has 1 aliphatic heterocycles. The summed E-state index contributed by atoms with van der Waals surface area (Å²) in [5, 5.41) is 0. The zero-order valence-electron chi connectivity index (χ0n) is 16.1. The van der Waals surface area contributed by atoms with Crippen LogP contribution in [0.25, 0.3) is 0 Å². The monoisotopic (exact) mass is 370 g/mol. The van der Waals surface area contributed by atoms with E-state index in [1.807, 2.05) is 42.1 Å². The van der Waals surface area contributed by atoms with Crippen molar-refractivity contribution < 1.29 is 9.18 Å². The molecule has 0 spiro atoms. The quantitative estimate of drug-likeness (QED) is 0.784. The van der Waals surface area contributed by atoms with Gasteiger partial charge in [-0.2, -0.15) is 0 Å². The van der Waals surface area contributed by atoms with Gasteiger partial charge in [0.1, 0.15) is 11.6 Å². The molecule has 144 valence electrons. The highest BCUT2D eigenvalue weighted by Crippen LogP contribution is 2.18. The molecule has 0 radical (unpaired) electrons. The van der Waals surface area contributed by atoms with Gasteiger partial charge < -0.3 is 9.80 Å². The van der Waals surface area contributed by atoms with E-state index in [1.165, 1.54) is 6.07 Å². The highest BCUT2D eigenvalue weighted by molar-refractivity contribution is 5.98. The van der Waals surface area contributed by atoms with Gasteiger partial charge in [-0.25, -0.2) is 9.37 Å². The van der Waals surface area contributed by atoms with Gasteiger partial charge >= 0.3 is 0 Å². The summed E-state index contributed by atoms with van der Waals surface area (Å²) in [7, 11) is 3.79. The average Bonchev–Trinajstić information content (AvgIpc) is 2.69. The third-order valence-corrected chi connectivity index (χ3v) is 4.98. The SMILES string of the molecule is CN(C)c1ncccc1C(=O)N1CCN(CCCc2ccccc2F)CC1. The van der Waals surface area contributed by atoms with Crippen molar-refractivity contribution in [2.24, 2.45) is 0 Å². The Balaban J connectivity index is 1.49. The maximum absolute atomic E-state index is 13.7. The second kappa shape index (κ2) is 8.95. The summed E-state index contributed by atoms with van der Waals surface area (Å²) < 4.78 is 13.7. The van der Waals surface area contributed by atoms with Gasteiger partial charge in [-0.05, 0) is 43.1 Å². The number of nitrogens with zero attached hydrogens (tertiary/aromatic N) is 4. The number of hydrogen-bond donors (Lipinski definition) is 0. The van der Waals surface area contributed by atoms with E-state index in [-0.39, 0.29) is 11.7 Å². The molecule has 1 fully saturated rings. The van der Waals surface area contributed by atoms with Crippen molar-refractivity contribution in [3.63, 3.8) is 0 Å². The van der Waals surface area contributed by atoms with Crippen molar-refractivity contribution in [1.82, 2.24) is 14.8 Å². The molecule has 1 amide bonds. The summed E-state index contributed by atoms with van der Waals surface area (Å²) in [6.07, 6.45) is 3.37. The number of benzene rings is 1. The molecule has 3 rings (SSSR count). The summed E-state index contributed by atoms with van der Waals surface area (Å²) >= 11 is 0. The fraction of sp³-hybridized carbons (Fsp3) is 0.429. The predicted molar refractivity (Wildman–Crippen MR) is 106 cm³/mol. The van der Waals surface area contributed by atoms with Crippen LogP contribution in [0.5, 0.6) is 0 Å². The number of aryl methyl sites for hydroxylation is 1. The van der Waals surface area contributed by atoms with E-state index in [2.05, 4.69) is 9.88 Å². The zero-order chi connectivity index (χ0) is 19.2. The molecule has 0 atom stereocenters. The van der Waals surface area contributed by atoms with Gasteiger partial charge in [0.15, 0.2) is 0 Å². The lowest BCUT2D eigenvalue weighted by Crippen LogP contribution is -2.49. The number of pyridine rings is 1. The number of piperazine rings is 1. The van der Waals surface area contributed by atoms with E-state index in [1.54, 1.807) is 18.3 Å². The van der Waals surface area contributed by atoms with E-state index in [4.69, 9.17) is 0 Å². The first-order valence-corrected chi connectivity index (χ1v) is 9.43. The number of anilines is 1. The van der Waals surface area contributed by atoms with Gasteiger partial charge in [0, 0.05) is 46.5 Å². The molecule has 0 aliphatic carbocycles. The normalized spacial score (nSPS) is 15.0. The van der Waals surface area contributed by atoms with Crippen molar-refractivity contribution >= 4 is 11.7 Å². The molecule has 0 saturated carbocycles. The fourth-order valence-electron chi connectivity index (χ4n) is 3.46. The number of halogens is 1. The Bertz CT molecular complexity index is 772. The van der Waals surface area contributed by atoms with Crippen LogP contribution >= 0.6 is 0 Å². The maximum atomic E-state index is 13.7. The number of carbonyl (C=O) groups excluding carboxylic acids is 1. The van der Waals surface area contributed by atoms with Crippen LogP contribution in [0.3, 0.4) is 0 Å². The van der Waals surface area contributed by atoms with Crippen molar-refractivity contribution in [2.75, 3.05) is 51.7 Å². The first-order chi connectivity index (χ1) is 13.1. The van der Waals surface area contributed by atoms with Crippen molar-refractivity contribution in [2.45, 2.75) is 12.8 Å². The van der Waals surface area contributed by atoms with Crippen LogP contribution in [-0.2, 0) is 6.42 Å². The van der Waals surface area contributed by atoms with Gasteiger partial charge in [0.05, 0.1) is 5.56 Å². The summed E-state index contributed by atoms with van der Waals surface area (Å²) in [6, 6.07) is 10.6. The van der Waals surface area contributed by atoms with Gasteiger partial charge in [-0.3, -0.25) is 9.69 Å². The Morgan fingerprint density at radius 2 is 1.85 bits per heavy atom. The van der Waals surface area contributed by atoms with Gasteiger partial charge in [0.25, 0.3) is 5.91 Å². The van der Waals surface area contributed by atoms with E-state index < -0.39 is 0 Å². The number of carbonyl (C=O) groups is 1. The Morgan fingerprint density at radius 1 is 1.11 bits per heavy atom. The Kier molecular flexibility index (Phi) is 6.40. The molecule has 1 aromatic carbocycles. The third-order valence-electron chi connectivity index (χ3n) is 4.98. The first kappa shape index (κ1) is 19.3. The van der Waals surface area contributed by atoms with E-state index in [9.17, 15) is 9.18 Å². The average molecular weight is 370 g/mol. The molecule has 2 heterocycles. The van der Waals surface area contributed by atoms with Crippen LogP contribution in [0.2, 0.25) is 0 Å². The molecule has 1 aliphatic rings. The van der Waals surface area contributed by atoms with E-state index >= 15 is 0 Å². The van der Waals surface area contributed by atoms with Gasteiger partial charge in [-0.1, -0.05) is 18.2 Å². The highest BCUT2D eigenvalue weighted by Gasteiger charge is 2.24. The highest BCUT2D eigenvalue weighted by atomic mass is 19.1. The lowest BCUT2D eigenvalue weighted by atomic mass is 10.1. The largest absolute Gasteiger partial charge is 0.362 e. The summed E-state index contributed by atoms with van der Waals surface area (Å²) in [4.78, 5) is 23.3. The second-order valence-electron chi connectivity index (χ2n) is 7.10. The van der Waals surface area contributed by atoms with Crippen LogP contribution in [-0.4, -0.2) is 67.5 Å². The smallest absolute Gasteiger partial charge is 0.257 e. The zero-order valence-corrected chi connectivity index (χ0v) is 16.1. The third kappa shape index (κ3) is 4.83. The standard InChI is InChI=1S/C21H27FN4O/c1-24(2)20-18(9-5-11-23-20)21(27)26-15-13-25(14-16-26)12-6-8-17-7-3-4-10-19(17)22/h3-5,7,9-11H,6,8,12-16H2,1-2H3. The molecule has 27 heavy (non-hydrogen) atoms. The number of hydrogen-bond acceptors (Lipinski definition) is 4. The lowest BCUT2D eigenvalue weighted by Gasteiger charge is -2.35. The molecule has 6 heteroatoms. The molecule has 1 saturated heterocycles. The van der Waals surface area contributed by atoms with Gasteiger partial charge in [0.2, 0.25) is 0 Å². The van der Waals surface area contributed by atoms with Crippen molar-refractivity contribution in [1.29, 1.82) is 0 Å². The first-order valence-electron chi connectivity index (χ1n) is 9.43. The minimum absolute atomic E-state index is 0.0396. The Labute approximate surface area is 160 Å². The van der Waals surface area contributed by atoms with E-state index in [0.717, 1.165) is 38.0 Å². The number of rotatable bonds is 6. The lowest BCUT2D eigenvalue weighted by molar-refractivity contribution is 0.0636. The van der Waals surface area contributed by atoms with E-state index in [0.29, 0.717) is 24.5 Å².